The van der Waals surface area contributed by atoms with Crippen LogP contribution in [0.2, 0.25) is 0 Å². The van der Waals surface area contributed by atoms with E-state index in [1.165, 1.54) is 6.92 Å². The van der Waals surface area contributed by atoms with Crippen LogP contribution in [-0.2, 0) is 9.59 Å². The monoisotopic (exact) mass is 189 g/mol. The lowest BCUT2D eigenvalue weighted by molar-refractivity contribution is -0.121. The normalized spacial score (nSPS) is 19.6. The Labute approximate surface area is 76.8 Å². The highest BCUT2D eigenvalue weighted by atomic mass is 35.5. The average molecular weight is 190 g/mol. The molecule has 0 radical (unpaired) electrons. The van der Waals surface area contributed by atoms with Crippen LogP contribution in [0.5, 0.6) is 0 Å². The van der Waals surface area contributed by atoms with E-state index in [4.69, 9.17) is 0 Å². The first-order valence-corrected chi connectivity index (χ1v) is 4.08. The molecule has 1 aliphatic heterocycles. The summed E-state index contributed by atoms with van der Waals surface area (Å²) in [7, 11) is 0. The Morgan fingerprint density at radius 3 is 2.42 bits per heavy atom. The predicted molar refractivity (Wildman–Crippen MR) is 47.6 cm³/mol. The molecule has 0 spiro atoms. The Morgan fingerprint density at radius 2 is 2.25 bits per heavy atom. The molecule has 1 atom stereocenters. The second-order valence-corrected chi connectivity index (χ2v) is 2.88. The summed E-state index contributed by atoms with van der Waals surface area (Å²) in [5, 5.41) is 2.24. The van der Waals surface area contributed by atoms with Gasteiger partial charge in [0.15, 0.2) is 0 Å². The van der Waals surface area contributed by atoms with Crippen LogP contribution in [0.1, 0.15) is 20.3 Å². The Morgan fingerprint density at radius 1 is 1.75 bits per heavy atom. The molecule has 1 unspecified atom stereocenters. The molecule has 1 aliphatic rings. The molecule has 0 aliphatic carbocycles. The van der Waals surface area contributed by atoms with E-state index in [1.54, 1.807) is 6.20 Å². The number of nitrogens with one attached hydrogen (secondary N) is 1. The molecule has 0 saturated heterocycles. The van der Waals surface area contributed by atoms with Gasteiger partial charge >= 0.3 is 0 Å². The van der Waals surface area contributed by atoms with Crippen LogP contribution in [0.15, 0.2) is 12.3 Å². The van der Waals surface area contributed by atoms with Crippen molar-refractivity contribution in [2.24, 2.45) is 5.92 Å². The zero-order valence-corrected chi connectivity index (χ0v) is 7.89. The quantitative estimate of drug-likeness (QED) is 0.635. The smallest absolute Gasteiger partial charge is 0.230 e. The number of halogens is 1. The number of amides is 1. The second kappa shape index (κ2) is 5.77. The molecule has 0 aromatic rings. The van der Waals surface area contributed by atoms with E-state index in [1.807, 2.05) is 13.0 Å². The molecule has 0 fully saturated rings. The lowest BCUT2D eigenvalue weighted by Crippen LogP contribution is -2.17. The van der Waals surface area contributed by atoms with Gasteiger partial charge < -0.3 is 5.32 Å². The number of carbonyl (C=O) groups excluding carboxylic acids is 2. The highest BCUT2D eigenvalue weighted by molar-refractivity contribution is 6.62. The van der Waals surface area contributed by atoms with Crippen molar-refractivity contribution in [3.05, 3.63) is 12.3 Å². The maximum atomic E-state index is 10.6. The largest absolute Gasteiger partial charge is 0.332 e. The zero-order chi connectivity index (χ0) is 9.56. The van der Waals surface area contributed by atoms with Gasteiger partial charge in [0.05, 0.1) is 5.92 Å². The third kappa shape index (κ3) is 4.91. The van der Waals surface area contributed by atoms with Crippen LogP contribution < -0.4 is 5.32 Å². The van der Waals surface area contributed by atoms with Crippen LogP contribution >= 0.6 is 11.6 Å². The summed E-state index contributed by atoms with van der Waals surface area (Å²) in [6, 6.07) is 0. The summed E-state index contributed by atoms with van der Waals surface area (Å²) < 4.78 is 0. The Hall–Kier alpha value is -0.830. The molecule has 1 rings (SSSR count). The van der Waals surface area contributed by atoms with Gasteiger partial charge in [-0.15, -0.1) is 0 Å². The molecule has 1 N–H and O–H groups in total. The van der Waals surface area contributed by atoms with Crippen molar-refractivity contribution >= 4 is 22.8 Å². The third-order valence-corrected chi connectivity index (χ3v) is 1.33. The van der Waals surface area contributed by atoms with Crippen molar-refractivity contribution in [2.45, 2.75) is 20.3 Å². The molecular formula is C8H12ClNO2. The summed E-state index contributed by atoms with van der Waals surface area (Å²) in [5.74, 6) is 0.266. The molecular weight excluding hydrogens is 178 g/mol. The molecule has 0 saturated carbocycles. The van der Waals surface area contributed by atoms with E-state index in [0.29, 0.717) is 0 Å². The maximum Gasteiger partial charge on any atom is 0.230 e. The van der Waals surface area contributed by atoms with Gasteiger partial charge in [-0.05, 0) is 18.0 Å². The maximum absolute atomic E-state index is 10.6. The van der Waals surface area contributed by atoms with Crippen molar-refractivity contribution in [1.82, 2.24) is 5.32 Å². The van der Waals surface area contributed by atoms with Gasteiger partial charge in [0, 0.05) is 13.1 Å². The SMILES string of the molecule is CC(=O)Cl.CCC1C=CNC1=O. The van der Waals surface area contributed by atoms with Crippen molar-refractivity contribution in [3.63, 3.8) is 0 Å². The zero-order valence-electron chi connectivity index (χ0n) is 7.13. The van der Waals surface area contributed by atoms with E-state index >= 15 is 0 Å². The molecule has 68 valence electrons. The fourth-order valence-electron chi connectivity index (χ4n) is 0.762. The highest BCUT2D eigenvalue weighted by Crippen LogP contribution is 2.07. The van der Waals surface area contributed by atoms with E-state index in [2.05, 4.69) is 16.9 Å². The number of hydrogen-bond acceptors (Lipinski definition) is 2. The summed E-state index contributed by atoms with van der Waals surface area (Å²) in [4.78, 5) is 19.8. The Kier molecular flexibility index (Phi) is 5.37. The molecule has 0 bridgehead atoms. The van der Waals surface area contributed by atoms with Crippen molar-refractivity contribution in [1.29, 1.82) is 0 Å². The summed E-state index contributed by atoms with van der Waals surface area (Å²) >= 11 is 4.64. The van der Waals surface area contributed by atoms with E-state index in [-0.39, 0.29) is 17.1 Å². The first-order chi connectivity index (χ1) is 5.57. The number of carbonyl (C=O) groups is 2. The number of hydrogen-bond donors (Lipinski definition) is 1. The van der Waals surface area contributed by atoms with Crippen LogP contribution in [0.25, 0.3) is 0 Å². The molecule has 4 heteroatoms. The molecule has 12 heavy (non-hydrogen) atoms. The number of rotatable bonds is 1. The topological polar surface area (TPSA) is 46.2 Å². The summed E-state index contributed by atoms with van der Waals surface area (Å²) in [5.41, 5.74) is 0. The molecule has 1 heterocycles. The van der Waals surface area contributed by atoms with Crippen molar-refractivity contribution in [2.75, 3.05) is 0 Å². The van der Waals surface area contributed by atoms with Gasteiger partial charge in [-0.1, -0.05) is 13.0 Å². The van der Waals surface area contributed by atoms with Gasteiger partial charge in [0.1, 0.15) is 0 Å². The first-order valence-electron chi connectivity index (χ1n) is 3.71. The minimum Gasteiger partial charge on any atom is -0.332 e. The Bertz CT molecular complexity index is 197. The fraction of sp³-hybridized carbons (Fsp3) is 0.500. The molecule has 3 nitrogen and oxygen atoms in total. The third-order valence-electron chi connectivity index (χ3n) is 1.33. The van der Waals surface area contributed by atoms with Crippen LogP contribution in [0.4, 0.5) is 0 Å². The van der Waals surface area contributed by atoms with Crippen molar-refractivity contribution in [3.8, 4) is 0 Å². The van der Waals surface area contributed by atoms with Crippen LogP contribution in [0.3, 0.4) is 0 Å². The van der Waals surface area contributed by atoms with Crippen LogP contribution in [-0.4, -0.2) is 11.1 Å². The van der Waals surface area contributed by atoms with Gasteiger partial charge in [0.2, 0.25) is 11.1 Å². The van der Waals surface area contributed by atoms with E-state index in [9.17, 15) is 9.59 Å². The second-order valence-electron chi connectivity index (χ2n) is 2.35. The minimum atomic E-state index is -0.361. The highest BCUT2D eigenvalue weighted by Gasteiger charge is 2.15. The van der Waals surface area contributed by atoms with E-state index < -0.39 is 0 Å². The van der Waals surface area contributed by atoms with Gasteiger partial charge in [0.25, 0.3) is 0 Å². The van der Waals surface area contributed by atoms with Crippen molar-refractivity contribution < 1.29 is 9.59 Å². The lowest BCUT2D eigenvalue weighted by atomic mass is 10.1. The molecule has 1 amide bonds. The van der Waals surface area contributed by atoms with Gasteiger partial charge in [-0.2, -0.15) is 0 Å². The average Bonchev–Trinajstić information content (AvgIpc) is 2.33. The first kappa shape index (κ1) is 11.2. The van der Waals surface area contributed by atoms with Gasteiger partial charge in [-0.25, -0.2) is 0 Å². The predicted octanol–water partition coefficient (Wildman–Crippen LogP) is 1.43. The fourth-order valence-corrected chi connectivity index (χ4v) is 0.762. The molecule has 0 aromatic heterocycles. The molecule has 0 aromatic carbocycles. The standard InChI is InChI=1S/C6H9NO.C2H3ClO/c1-2-5-3-4-7-6(5)8;1-2(3)4/h3-5H,2H2,1H3,(H,7,8);1H3. The summed E-state index contributed by atoms with van der Waals surface area (Å²) in [6.07, 6.45) is 4.50. The Balaban J connectivity index is 0.000000261. The van der Waals surface area contributed by atoms with Gasteiger partial charge in [-0.3, -0.25) is 9.59 Å². The minimum absolute atomic E-state index is 0.132. The summed E-state index contributed by atoms with van der Waals surface area (Å²) in [6.45, 7) is 3.29. The lowest BCUT2D eigenvalue weighted by Gasteiger charge is -1.97. The van der Waals surface area contributed by atoms with E-state index in [0.717, 1.165) is 6.42 Å². The van der Waals surface area contributed by atoms with Crippen LogP contribution in [0, 0.1) is 5.92 Å².